The van der Waals surface area contributed by atoms with Gasteiger partial charge in [0.1, 0.15) is 10.1 Å². The van der Waals surface area contributed by atoms with Crippen LogP contribution < -0.4 is 29.6 Å². The van der Waals surface area contributed by atoms with Crippen LogP contribution in [0.5, 0.6) is 0 Å². The van der Waals surface area contributed by atoms with Crippen LogP contribution in [0.2, 0.25) is 0 Å². The van der Waals surface area contributed by atoms with Crippen molar-refractivity contribution in [3.05, 3.63) is 29.8 Å². The molecule has 0 N–H and O–H groups in total. The van der Waals surface area contributed by atoms with E-state index in [1.165, 1.54) is 31.4 Å². The summed E-state index contributed by atoms with van der Waals surface area (Å²) < 4.78 is 32.7. The summed E-state index contributed by atoms with van der Waals surface area (Å²) in [7, 11) is -4.33. The van der Waals surface area contributed by atoms with E-state index in [4.69, 9.17) is 0 Å². The first-order valence-corrected chi connectivity index (χ1v) is 8.45. The molecule has 0 bridgehead atoms. The fourth-order valence-electron chi connectivity index (χ4n) is 2.37. The van der Waals surface area contributed by atoms with E-state index < -0.39 is 10.1 Å². The second-order valence-electron chi connectivity index (χ2n) is 5.00. The zero-order valence-electron chi connectivity index (χ0n) is 12.8. The molecule has 1 atom stereocenters. The van der Waals surface area contributed by atoms with E-state index in [-0.39, 0.29) is 34.5 Å². The zero-order valence-corrected chi connectivity index (χ0v) is 15.6. The van der Waals surface area contributed by atoms with Crippen LogP contribution in [0.4, 0.5) is 0 Å². The van der Waals surface area contributed by atoms with Crippen molar-refractivity contribution in [1.29, 1.82) is 0 Å². The Labute approximate surface area is 145 Å². The van der Waals surface area contributed by atoms with E-state index in [9.17, 15) is 13.0 Å². The molecule has 0 aliphatic rings. The Balaban J connectivity index is 0.00000361. The summed E-state index contributed by atoms with van der Waals surface area (Å²) >= 11 is 0. The van der Waals surface area contributed by atoms with Crippen LogP contribution >= 0.6 is 0 Å². The molecule has 1 aromatic carbocycles. The van der Waals surface area contributed by atoms with E-state index >= 15 is 0 Å². The topological polar surface area (TPSA) is 57.2 Å². The molecular weight excluding hydrogens is 283 g/mol. The van der Waals surface area contributed by atoms with Gasteiger partial charge in [0.25, 0.3) is 0 Å². The minimum absolute atomic E-state index is 0. The molecule has 0 saturated heterocycles. The Morgan fingerprint density at radius 3 is 2.05 bits per heavy atom. The third-order valence-electron chi connectivity index (χ3n) is 3.43. The van der Waals surface area contributed by atoms with E-state index in [2.05, 4.69) is 13.8 Å². The molecule has 1 unspecified atom stereocenters. The molecule has 108 valence electrons. The van der Waals surface area contributed by atoms with Crippen molar-refractivity contribution < 1.29 is 42.5 Å². The van der Waals surface area contributed by atoms with Gasteiger partial charge in [-0.25, -0.2) is 8.42 Å². The second-order valence-corrected chi connectivity index (χ2v) is 6.38. The monoisotopic (exact) mass is 306 g/mol. The third-order valence-corrected chi connectivity index (χ3v) is 4.28. The maximum absolute atomic E-state index is 10.9. The van der Waals surface area contributed by atoms with Gasteiger partial charge in [0.2, 0.25) is 0 Å². The molecule has 0 saturated carbocycles. The van der Waals surface area contributed by atoms with Crippen molar-refractivity contribution in [2.75, 3.05) is 0 Å². The molecule has 0 heterocycles. The van der Waals surface area contributed by atoms with Crippen molar-refractivity contribution in [1.82, 2.24) is 0 Å². The molecule has 0 aromatic heterocycles. The molecular formula is C15H23NaO3S. The average Bonchev–Trinajstić information content (AvgIpc) is 2.37. The Bertz CT molecular complexity index is 468. The van der Waals surface area contributed by atoms with Gasteiger partial charge in [0.15, 0.2) is 0 Å². The van der Waals surface area contributed by atoms with E-state index in [0.717, 1.165) is 24.8 Å². The van der Waals surface area contributed by atoms with Crippen molar-refractivity contribution in [2.45, 2.75) is 63.2 Å². The normalized spacial score (nSPS) is 12.8. The van der Waals surface area contributed by atoms with Gasteiger partial charge in [-0.05, 0) is 36.5 Å². The van der Waals surface area contributed by atoms with E-state index in [1.807, 2.05) is 0 Å². The van der Waals surface area contributed by atoms with Gasteiger partial charge < -0.3 is 4.55 Å². The van der Waals surface area contributed by atoms with Gasteiger partial charge in [-0.1, -0.05) is 51.7 Å². The molecule has 0 aliphatic carbocycles. The zero-order chi connectivity index (χ0) is 14.3. The van der Waals surface area contributed by atoms with Gasteiger partial charge in [-0.2, -0.15) is 0 Å². The number of rotatable bonds is 8. The Kier molecular flexibility index (Phi) is 10.0. The van der Waals surface area contributed by atoms with Crippen LogP contribution in [0.15, 0.2) is 29.2 Å². The predicted molar refractivity (Wildman–Crippen MR) is 76.2 cm³/mol. The molecule has 1 rings (SSSR count). The third kappa shape index (κ3) is 6.72. The first-order chi connectivity index (χ1) is 8.99. The first-order valence-electron chi connectivity index (χ1n) is 7.04. The summed E-state index contributed by atoms with van der Waals surface area (Å²) in [4.78, 5) is -0.139. The number of hydrogen-bond donors (Lipinski definition) is 0. The van der Waals surface area contributed by atoms with Crippen LogP contribution in [-0.2, 0) is 10.1 Å². The summed E-state index contributed by atoms with van der Waals surface area (Å²) in [6, 6.07) is 6.44. The molecule has 5 heteroatoms. The molecule has 3 nitrogen and oxygen atoms in total. The Hall–Kier alpha value is 0.130. The molecule has 0 radical (unpaired) electrons. The average molecular weight is 306 g/mol. The van der Waals surface area contributed by atoms with Crippen LogP contribution in [0.25, 0.3) is 0 Å². The smallest absolute Gasteiger partial charge is 0.744 e. The summed E-state index contributed by atoms with van der Waals surface area (Å²) in [5.41, 5.74) is 1.14. The van der Waals surface area contributed by atoms with E-state index in [1.54, 1.807) is 12.1 Å². The van der Waals surface area contributed by atoms with Gasteiger partial charge in [-0.15, -0.1) is 0 Å². The molecule has 0 fully saturated rings. The van der Waals surface area contributed by atoms with Gasteiger partial charge in [-0.3, -0.25) is 0 Å². The van der Waals surface area contributed by atoms with E-state index in [0.29, 0.717) is 5.92 Å². The number of hydrogen-bond acceptors (Lipinski definition) is 3. The fraction of sp³-hybridized carbons (Fsp3) is 0.600. The minimum atomic E-state index is -4.33. The van der Waals surface area contributed by atoms with Crippen molar-refractivity contribution >= 4 is 10.1 Å². The maximum Gasteiger partial charge on any atom is 1.00 e. The summed E-state index contributed by atoms with van der Waals surface area (Å²) in [6.07, 6.45) is 6.97. The largest absolute Gasteiger partial charge is 1.00 e. The van der Waals surface area contributed by atoms with Crippen LogP contribution in [0.3, 0.4) is 0 Å². The second kappa shape index (κ2) is 9.96. The summed E-state index contributed by atoms with van der Waals surface area (Å²) in [6.45, 7) is 4.34. The number of unbranched alkanes of at least 4 members (excludes halogenated alkanes) is 2. The molecule has 1 aromatic rings. The maximum atomic E-state index is 10.9. The quantitative estimate of drug-likeness (QED) is 0.410. The first kappa shape index (κ1) is 20.1. The van der Waals surface area contributed by atoms with Crippen LogP contribution in [-0.4, -0.2) is 13.0 Å². The van der Waals surface area contributed by atoms with Crippen molar-refractivity contribution in [3.8, 4) is 0 Å². The summed E-state index contributed by atoms with van der Waals surface area (Å²) in [5.74, 6) is 0.472. The standard InChI is InChI=1S/C15H24O3S.Na/c1-3-5-6-8-13(7-4-2)14-9-11-15(12-10-14)19(16,17)18;/h9-13H,3-8H2,1-2H3,(H,16,17,18);/q;+1/p-1. The SMILES string of the molecule is CCCCCC(CCC)c1ccc(S(=O)(=O)[O-])cc1.[Na+]. The van der Waals surface area contributed by atoms with Gasteiger partial charge in [0, 0.05) is 0 Å². The number of benzene rings is 1. The molecule has 20 heavy (non-hydrogen) atoms. The Morgan fingerprint density at radius 1 is 1.00 bits per heavy atom. The van der Waals surface area contributed by atoms with Gasteiger partial charge in [0.05, 0.1) is 4.90 Å². The van der Waals surface area contributed by atoms with Crippen molar-refractivity contribution in [2.24, 2.45) is 0 Å². The minimum Gasteiger partial charge on any atom is -0.744 e. The van der Waals surface area contributed by atoms with Crippen LogP contribution in [0, 0.1) is 0 Å². The Morgan fingerprint density at radius 2 is 1.60 bits per heavy atom. The molecule has 0 aliphatic heterocycles. The molecule has 0 spiro atoms. The van der Waals surface area contributed by atoms with Crippen LogP contribution in [0.1, 0.15) is 63.9 Å². The van der Waals surface area contributed by atoms with Gasteiger partial charge >= 0.3 is 29.6 Å². The molecule has 0 amide bonds. The predicted octanol–water partition coefficient (Wildman–Crippen LogP) is 1.06. The fourth-order valence-corrected chi connectivity index (χ4v) is 2.84. The van der Waals surface area contributed by atoms with Crippen molar-refractivity contribution in [3.63, 3.8) is 0 Å². The summed E-state index contributed by atoms with van der Waals surface area (Å²) in [5, 5.41) is 0.